The van der Waals surface area contributed by atoms with E-state index in [-0.39, 0.29) is 5.41 Å². The van der Waals surface area contributed by atoms with Crippen LogP contribution in [0.15, 0.2) is 12.1 Å². The summed E-state index contributed by atoms with van der Waals surface area (Å²) in [7, 11) is 0. The van der Waals surface area contributed by atoms with Gasteiger partial charge in [0.05, 0.1) is 0 Å². The second kappa shape index (κ2) is 2.44. The normalized spacial score (nSPS) is 22.0. The molecule has 1 saturated carbocycles. The maximum absolute atomic E-state index is 9.85. The van der Waals surface area contributed by atoms with Crippen LogP contribution in [0.3, 0.4) is 0 Å². The first-order valence-corrected chi connectivity index (χ1v) is 5.27. The van der Waals surface area contributed by atoms with E-state index in [1.165, 1.54) is 19.3 Å². The van der Waals surface area contributed by atoms with E-state index in [1.54, 1.807) is 12.1 Å². The Labute approximate surface area is 83.2 Å². The van der Waals surface area contributed by atoms with Crippen LogP contribution >= 0.6 is 0 Å². The Morgan fingerprint density at radius 1 is 1.00 bits per heavy atom. The molecule has 1 aromatic carbocycles. The first-order valence-electron chi connectivity index (χ1n) is 5.27. The van der Waals surface area contributed by atoms with Crippen molar-refractivity contribution >= 4 is 0 Å². The SMILES string of the molecule is Oc1ccc(O)c2c1CCC21CCC1. The monoisotopic (exact) mass is 190 g/mol. The van der Waals surface area contributed by atoms with Gasteiger partial charge in [-0.25, -0.2) is 0 Å². The van der Waals surface area contributed by atoms with E-state index in [2.05, 4.69) is 0 Å². The van der Waals surface area contributed by atoms with E-state index in [4.69, 9.17) is 0 Å². The van der Waals surface area contributed by atoms with Gasteiger partial charge in [-0.15, -0.1) is 0 Å². The van der Waals surface area contributed by atoms with Gasteiger partial charge in [-0.05, 0) is 43.2 Å². The average Bonchev–Trinajstić information content (AvgIpc) is 2.51. The largest absolute Gasteiger partial charge is 0.508 e. The molecule has 14 heavy (non-hydrogen) atoms. The van der Waals surface area contributed by atoms with Gasteiger partial charge in [0.15, 0.2) is 0 Å². The van der Waals surface area contributed by atoms with E-state index in [0.717, 1.165) is 24.0 Å². The molecule has 2 aliphatic rings. The van der Waals surface area contributed by atoms with Crippen molar-refractivity contribution in [1.82, 2.24) is 0 Å². The number of fused-ring (bicyclic) bond motifs is 2. The van der Waals surface area contributed by atoms with E-state index in [9.17, 15) is 10.2 Å². The average molecular weight is 190 g/mol. The maximum atomic E-state index is 9.85. The van der Waals surface area contributed by atoms with Gasteiger partial charge in [0.25, 0.3) is 0 Å². The molecule has 0 saturated heterocycles. The second-order valence-corrected chi connectivity index (χ2v) is 4.59. The zero-order valence-corrected chi connectivity index (χ0v) is 8.08. The van der Waals surface area contributed by atoms with Crippen molar-refractivity contribution in [2.75, 3.05) is 0 Å². The van der Waals surface area contributed by atoms with Crippen molar-refractivity contribution in [3.8, 4) is 11.5 Å². The third kappa shape index (κ3) is 0.813. The number of rotatable bonds is 0. The minimum absolute atomic E-state index is 0.220. The molecular weight excluding hydrogens is 176 g/mol. The van der Waals surface area contributed by atoms with Gasteiger partial charge < -0.3 is 10.2 Å². The lowest BCUT2D eigenvalue weighted by Crippen LogP contribution is -2.31. The summed E-state index contributed by atoms with van der Waals surface area (Å²) in [6.07, 6.45) is 5.64. The van der Waals surface area contributed by atoms with Crippen molar-refractivity contribution < 1.29 is 10.2 Å². The Morgan fingerprint density at radius 3 is 2.36 bits per heavy atom. The molecule has 0 aliphatic heterocycles. The van der Waals surface area contributed by atoms with E-state index < -0.39 is 0 Å². The van der Waals surface area contributed by atoms with Gasteiger partial charge in [-0.2, -0.15) is 0 Å². The van der Waals surface area contributed by atoms with Gasteiger partial charge in [-0.3, -0.25) is 0 Å². The minimum atomic E-state index is 0.220. The zero-order chi connectivity index (χ0) is 9.76. The molecule has 0 amide bonds. The Bertz CT molecular complexity index is 392. The Morgan fingerprint density at radius 2 is 1.71 bits per heavy atom. The first-order chi connectivity index (χ1) is 6.73. The molecule has 0 bridgehead atoms. The van der Waals surface area contributed by atoms with Gasteiger partial charge >= 0.3 is 0 Å². The molecule has 0 radical (unpaired) electrons. The number of benzene rings is 1. The molecule has 0 unspecified atom stereocenters. The van der Waals surface area contributed by atoms with Crippen molar-refractivity contribution in [2.45, 2.75) is 37.5 Å². The van der Waals surface area contributed by atoms with Crippen LogP contribution in [0.2, 0.25) is 0 Å². The molecule has 1 fully saturated rings. The highest BCUT2D eigenvalue weighted by Crippen LogP contribution is 2.56. The van der Waals surface area contributed by atoms with Crippen molar-refractivity contribution in [1.29, 1.82) is 0 Å². The molecular formula is C12H14O2. The summed E-state index contributed by atoms with van der Waals surface area (Å²) in [5, 5.41) is 19.5. The van der Waals surface area contributed by atoms with Gasteiger partial charge in [0.2, 0.25) is 0 Å². The summed E-state index contributed by atoms with van der Waals surface area (Å²) in [6.45, 7) is 0. The van der Waals surface area contributed by atoms with Crippen LogP contribution in [0.1, 0.15) is 36.8 Å². The minimum Gasteiger partial charge on any atom is -0.508 e. The van der Waals surface area contributed by atoms with Crippen molar-refractivity contribution in [2.24, 2.45) is 0 Å². The van der Waals surface area contributed by atoms with Crippen LogP contribution in [-0.4, -0.2) is 10.2 Å². The first kappa shape index (κ1) is 8.16. The Hall–Kier alpha value is -1.18. The van der Waals surface area contributed by atoms with Crippen LogP contribution in [0, 0.1) is 0 Å². The van der Waals surface area contributed by atoms with E-state index >= 15 is 0 Å². The molecule has 2 nitrogen and oxygen atoms in total. The van der Waals surface area contributed by atoms with Crippen LogP contribution in [0.4, 0.5) is 0 Å². The molecule has 74 valence electrons. The highest BCUT2D eigenvalue weighted by Gasteiger charge is 2.46. The zero-order valence-electron chi connectivity index (χ0n) is 8.08. The van der Waals surface area contributed by atoms with Crippen LogP contribution in [0.5, 0.6) is 11.5 Å². The van der Waals surface area contributed by atoms with Gasteiger partial charge in [0.1, 0.15) is 11.5 Å². The van der Waals surface area contributed by atoms with Crippen molar-refractivity contribution in [3.05, 3.63) is 23.3 Å². The van der Waals surface area contributed by atoms with Crippen LogP contribution in [-0.2, 0) is 11.8 Å². The molecule has 1 spiro atoms. The van der Waals surface area contributed by atoms with Gasteiger partial charge in [-0.1, -0.05) is 6.42 Å². The highest BCUT2D eigenvalue weighted by atomic mass is 16.3. The number of aromatic hydroxyl groups is 2. The quantitative estimate of drug-likeness (QED) is 0.617. The Balaban J connectivity index is 2.22. The Kier molecular flexibility index (Phi) is 1.42. The number of phenolic OH excluding ortho intramolecular Hbond substituents is 2. The lowest BCUT2D eigenvalue weighted by atomic mass is 9.65. The third-order valence-electron chi connectivity index (χ3n) is 3.96. The number of hydrogen-bond acceptors (Lipinski definition) is 2. The summed E-state index contributed by atoms with van der Waals surface area (Å²) in [5.74, 6) is 0.747. The predicted octanol–water partition coefficient (Wildman–Crippen LogP) is 2.47. The fourth-order valence-corrected chi connectivity index (χ4v) is 3.06. The summed E-state index contributed by atoms with van der Waals surface area (Å²) >= 11 is 0. The summed E-state index contributed by atoms with van der Waals surface area (Å²) in [6, 6.07) is 3.23. The molecule has 0 aromatic heterocycles. The lowest BCUT2D eigenvalue weighted by molar-refractivity contribution is 0.237. The predicted molar refractivity (Wildman–Crippen MR) is 53.6 cm³/mol. The molecule has 2 N–H and O–H groups in total. The highest BCUT2D eigenvalue weighted by molar-refractivity contribution is 5.55. The van der Waals surface area contributed by atoms with E-state index in [1.807, 2.05) is 0 Å². The fourth-order valence-electron chi connectivity index (χ4n) is 3.06. The molecule has 0 heterocycles. The standard InChI is InChI=1S/C12H14O2/c13-9-2-3-10(14)11-8(9)4-7-12(11)5-1-6-12/h2-3,13-14H,1,4-7H2. The molecule has 2 aliphatic carbocycles. The lowest BCUT2D eigenvalue weighted by Gasteiger charge is -2.39. The molecule has 2 heteroatoms. The topological polar surface area (TPSA) is 40.5 Å². The second-order valence-electron chi connectivity index (χ2n) is 4.59. The van der Waals surface area contributed by atoms with Crippen LogP contribution < -0.4 is 0 Å². The smallest absolute Gasteiger partial charge is 0.119 e. The van der Waals surface area contributed by atoms with Crippen molar-refractivity contribution in [3.63, 3.8) is 0 Å². The summed E-state index contributed by atoms with van der Waals surface area (Å²) in [4.78, 5) is 0. The van der Waals surface area contributed by atoms with Crippen LogP contribution in [0.25, 0.3) is 0 Å². The molecule has 3 rings (SSSR count). The maximum Gasteiger partial charge on any atom is 0.119 e. The van der Waals surface area contributed by atoms with Gasteiger partial charge in [0, 0.05) is 11.1 Å². The third-order valence-corrected chi connectivity index (χ3v) is 3.96. The summed E-state index contributed by atoms with van der Waals surface area (Å²) in [5.41, 5.74) is 2.26. The molecule has 1 aromatic rings. The molecule has 0 atom stereocenters. The van der Waals surface area contributed by atoms with E-state index in [0.29, 0.717) is 11.5 Å². The number of hydrogen-bond donors (Lipinski definition) is 2. The number of phenols is 2. The summed E-state index contributed by atoms with van der Waals surface area (Å²) < 4.78 is 0. The fraction of sp³-hybridized carbons (Fsp3) is 0.500.